The summed E-state index contributed by atoms with van der Waals surface area (Å²) in [5.74, 6) is 0.315. The van der Waals surface area contributed by atoms with E-state index in [1.807, 2.05) is 44.2 Å². The molecule has 1 atom stereocenters. The van der Waals surface area contributed by atoms with Crippen molar-refractivity contribution in [2.45, 2.75) is 19.4 Å². The van der Waals surface area contributed by atoms with E-state index < -0.39 is 5.54 Å². The van der Waals surface area contributed by atoms with Crippen LogP contribution in [0.1, 0.15) is 19.4 Å². The minimum atomic E-state index is -0.738. The average Bonchev–Trinajstić information content (AvgIpc) is 2.48. The molecule has 7 heteroatoms. The van der Waals surface area contributed by atoms with Gasteiger partial charge >= 0.3 is 6.01 Å². The number of aliphatic hydroxyl groups is 1. The van der Waals surface area contributed by atoms with E-state index in [1.165, 1.54) is 0 Å². The third-order valence-electron chi connectivity index (χ3n) is 3.02. The van der Waals surface area contributed by atoms with Crippen molar-refractivity contribution >= 4 is 11.9 Å². The van der Waals surface area contributed by atoms with Gasteiger partial charge in [0.25, 0.3) is 0 Å². The zero-order valence-electron chi connectivity index (χ0n) is 12.1. The van der Waals surface area contributed by atoms with E-state index in [0.717, 1.165) is 5.56 Å². The molecule has 21 heavy (non-hydrogen) atoms. The first kappa shape index (κ1) is 15.0. The smallest absolute Gasteiger partial charge is 0.323 e. The number of hydrogen-bond acceptors (Lipinski definition) is 7. The quantitative estimate of drug-likeness (QED) is 0.733. The SMILES string of the molecule is CCOc1nc(N)nc(NC(C)(CO)c2ccccc2)n1. The van der Waals surface area contributed by atoms with Gasteiger partial charge in [0.05, 0.1) is 18.8 Å². The first-order valence-electron chi connectivity index (χ1n) is 6.66. The molecular weight excluding hydrogens is 270 g/mol. The van der Waals surface area contributed by atoms with Gasteiger partial charge < -0.3 is 20.9 Å². The van der Waals surface area contributed by atoms with E-state index in [1.54, 1.807) is 0 Å². The van der Waals surface area contributed by atoms with E-state index >= 15 is 0 Å². The minimum Gasteiger partial charge on any atom is -0.464 e. The predicted molar refractivity (Wildman–Crippen MR) is 79.9 cm³/mol. The lowest BCUT2D eigenvalue weighted by Crippen LogP contribution is -2.36. The highest BCUT2D eigenvalue weighted by Gasteiger charge is 2.27. The van der Waals surface area contributed by atoms with Crippen LogP contribution in [0.3, 0.4) is 0 Å². The molecule has 2 rings (SSSR count). The molecule has 0 radical (unpaired) electrons. The van der Waals surface area contributed by atoms with Gasteiger partial charge in [0, 0.05) is 0 Å². The molecule has 0 saturated carbocycles. The fourth-order valence-electron chi connectivity index (χ4n) is 1.88. The van der Waals surface area contributed by atoms with Crippen LogP contribution in [0.2, 0.25) is 0 Å². The summed E-state index contributed by atoms with van der Waals surface area (Å²) in [5, 5.41) is 12.8. The van der Waals surface area contributed by atoms with Gasteiger partial charge in [-0.15, -0.1) is 0 Å². The highest BCUT2D eigenvalue weighted by molar-refractivity contribution is 5.39. The van der Waals surface area contributed by atoms with Crippen LogP contribution in [0.4, 0.5) is 11.9 Å². The lowest BCUT2D eigenvalue weighted by molar-refractivity contribution is 0.223. The van der Waals surface area contributed by atoms with Crippen molar-refractivity contribution in [3.63, 3.8) is 0 Å². The number of nitrogens with two attached hydrogens (primary N) is 1. The molecule has 1 heterocycles. The maximum absolute atomic E-state index is 9.75. The van der Waals surface area contributed by atoms with Crippen molar-refractivity contribution in [1.82, 2.24) is 15.0 Å². The number of nitrogens with zero attached hydrogens (tertiary/aromatic N) is 3. The van der Waals surface area contributed by atoms with Gasteiger partial charge in [0.15, 0.2) is 0 Å². The van der Waals surface area contributed by atoms with E-state index in [0.29, 0.717) is 6.61 Å². The first-order valence-corrected chi connectivity index (χ1v) is 6.66. The van der Waals surface area contributed by atoms with Crippen molar-refractivity contribution in [2.75, 3.05) is 24.3 Å². The number of nitrogens with one attached hydrogen (secondary N) is 1. The van der Waals surface area contributed by atoms with Gasteiger partial charge in [-0.1, -0.05) is 30.3 Å². The molecule has 1 aromatic heterocycles. The monoisotopic (exact) mass is 289 g/mol. The summed E-state index contributed by atoms with van der Waals surface area (Å²) in [6.07, 6.45) is 0. The molecule has 7 nitrogen and oxygen atoms in total. The summed E-state index contributed by atoms with van der Waals surface area (Å²) >= 11 is 0. The van der Waals surface area contributed by atoms with Crippen LogP contribution >= 0.6 is 0 Å². The number of aliphatic hydroxyl groups excluding tert-OH is 1. The fraction of sp³-hybridized carbons (Fsp3) is 0.357. The van der Waals surface area contributed by atoms with E-state index in [4.69, 9.17) is 10.5 Å². The third kappa shape index (κ3) is 3.57. The second kappa shape index (κ2) is 6.36. The van der Waals surface area contributed by atoms with Crippen LogP contribution in [0.15, 0.2) is 30.3 Å². The van der Waals surface area contributed by atoms with E-state index in [-0.39, 0.29) is 24.5 Å². The molecule has 0 saturated heterocycles. The van der Waals surface area contributed by atoms with Crippen LogP contribution in [0.5, 0.6) is 6.01 Å². The molecule has 0 aliphatic carbocycles. The standard InChI is InChI=1S/C14H19N5O2/c1-3-21-13-17-11(15)16-12(18-13)19-14(2,9-20)10-7-5-4-6-8-10/h4-8,20H,3,9H2,1-2H3,(H3,15,16,17,18,19). The number of anilines is 2. The number of ether oxygens (including phenoxy) is 1. The summed E-state index contributed by atoms with van der Waals surface area (Å²) < 4.78 is 5.24. The second-order valence-electron chi connectivity index (χ2n) is 4.71. The van der Waals surface area contributed by atoms with Crippen LogP contribution < -0.4 is 15.8 Å². The number of nitrogen functional groups attached to an aromatic ring is 1. The lowest BCUT2D eigenvalue weighted by atomic mass is 9.93. The van der Waals surface area contributed by atoms with Crippen LogP contribution in [-0.2, 0) is 5.54 Å². The molecule has 0 fully saturated rings. The van der Waals surface area contributed by atoms with Crippen molar-refractivity contribution in [1.29, 1.82) is 0 Å². The topological polar surface area (TPSA) is 106 Å². The summed E-state index contributed by atoms with van der Waals surface area (Å²) in [7, 11) is 0. The largest absolute Gasteiger partial charge is 0.464 e. The number of aromatic nitrogens is 3. The number of rotatable bonds is 6. The van der Waals surface area contributed by atoms with Gasteiger partial charge in [0.1, 0.15) is 0 Å². The first-order chi connectivity index (χ1) is 10.1. The zero-order chi connectivity index (χ0) is 15.3. The molecule has 0 bridgehead atoms. The van der Waals surface area contributed by atoms with Crippen LogP contribution in [0, 0.1) is 0 Å². The molecule has 0 aliphatic rings. The Morgan fingerprint density at radius 3 is 2.57 bits per heavy atom. The molecule has 2 aromatic rings. The third-order valence-corrected chi connectivity index (χ3v) is 3.02. The minimum absolute atomic E-state index is 0.0595. The van der Waals surface area contributed by atoms with E-state index in [2.05, 4.69) is 20.3 Å². The molecule has 1 aromatic carbocycles. The Morgan fingerprint density at radius 2 is 1.95 bits per heavy atom. The van der Waals surface area contributed by atoms with Gasteiger partial charge in [0.2, 0.25) is 11.9 Å². The summed E-state index contributed by atoms with van der Waals surface area (Å²) in [6, 6.07) is 9.70. The zero-order valence-corrected chi connectivity index (χ0v) is 12.1. The molecular formula is C14H19N5O2. The molecule has 112 valence electrons. The normalized spacial score (nSPS) is 13.5. The molecule has 0 amide bonds. The van der Waals surface area contributed by atoms with Crippen molar-refractivity contribution in [3.05, 3.63) is 35.9 Å². The van der Waals surface area contributed by atoms with Crippen molar-refractivity contribution < 1.29 is 9.84 Å². The Labute approximate surface area is 123 Å². The highest BCUT2D eigenvalue weighted by Crippen LogP contribution is 2.24. The van der Waals surface area contributed by atoms with E-state index in [9.17, 15) is 5.11 Å². The maximum atomic E-state index is 9.75. The Balaban J connectivity index is 2.30. The van der Waals surface area contributed by atoms with Gasteiger partial charge in [-0.2, -0.15) is 15.0 Å². The second-order valence-corrected chi connectivity index (χ2v) is 4.71. The molecule has 1 unspecified atom stereocenters. The van der Waals surface area contributed by atoms with Crippen molar-refractivity contribution in [3.8, 4) is 6.01 Å². The summed E-state index contributed by atoms with van der Waals surface area (Å²) in [6.45, 7) is 3.98. The molecule has 4 N–H and O–H groups in total. The van der Waals surface area contributed by atoms with Crippen LogP contribution in [-0.4, -0.2) is 33.3 Å². The molecule has 0 spiro atoms. The average molecular weight is 289 g/mol. The lowest BCUT2D eigenvalue weighted by Gasteiger charge is -2.29. The Bertz CT molecular complexity index is 593. The predicted octanol–water partition coefficient (Wildman–Crippen LogP) is 1.17. The summed E-state index contributed by atoms with van der Waals surface area (Å²) in [5.41, 5.74) is 5.81. The molecule has 0 aliphatic heterocycles. The maximum Gasteiger partial charge on any atom is 0.323 e. The van der Waals surface area contributed by atoms with Gasteiger partial charge in [-0.25, -0.2) is 0 Å². The van der Waals surface area contributed by atoms with Gasteiger partial charge in [-0.3, -0.25) is 0 Å². The Morgan fingerprint density at radius 1 is 1.24 bits per heavy atom. The highest BCUT2D eigenvalue weighted by atomic mass is 16.5. The number of hydrogen-bond donors (Lipinski definition) is 3. The Kier molecular flexibility index (Phi) is 4.54. The fourth-order valence-corrected chi connectivity index (χ4v) is 1.88. The van der Waals surface area contributed by atoms with Crippen LogP contribution in [0.25, 0.3) is 0 Å². The van der Waals surface area contributed by atoms with Crippen molar-refractivity contribution in [2.24, 2.45) is 0 Å². The number of benzene rings is 1. The van der Waals surface area contributed by atoms with Gasteiger partial charge in [-0.05, 0) is 19.4 Å². The summed E-state index contributed by atoms with van der Waals surface area (Å²) in [4.78, 5) is 12.0. The Hall–Kier alpha value is -2.41.